The summed E-state index contributed by atoms with van der Waals surface area (Å²) in [5.74, 6) is -0.622. The molecular formula is C13H17NO3S. The third-order valence-corrected chi connectivity index (χ3v) is 4.47. The van der Waals surface area contributed by atoms with Crippen LogP contribution in [0.2, 0.25) is 0 Å². The molecule has 2 heterocycles. The summed E-state index contributed by atoms with van der Waals surface area (Å²) in [6.45, 7) is 3.32. The Kier molecular flexibility index (Phi) is 4.01. The van der Waals surface area contributed by atoms with Crippen LogP contribution in [0.25, 0.3) is 0 Å². The summed E-state index contributed by atoms with van der Waals surface area (Å²) in [6.07, 6.45) is 1.90. The Balaban J connectivity index is 1.96. The molecule has 4 nitrogen and oxygen atoms in total. The molecular weight excluding hydrogens is 250 g/mol. The van der Waals surface area contributed by atoms with Gasteiger partial charge in [0.2, 0.25) is 0 Å². The van der Waals surface area contributed by atoms with Crippen molar-refractivity contribution >= 4 is 23.2 Å². The lowest BCUT2D eigenvalue weighted by molar-refractivity contribution is -0.138. The van der Waals surface area contributed by atoms with E-state index in [-0.39, 0.29) is 18.2 Å². The van der Waals surface area contributed by atoms with Crippen molar-refractivity contribution in [2.75, 3.05) is 13.1 Å². The minimum Gasteiger partial charge on any atom is -0.481 e. The average molecular weight is 267 g/mol. The van der Waals surface area contributed by atoms with E-state index in [1.807, 2.05) is 12.1 Å². The molecule has 0 spiro atoms. The van der Waals surface area contributed by atoms with Crippen LogP contribution in [-0.2, 0) is 11.2 Å². The van der Waals surface area contributed by atoms with E-state index in [2.05, 4.69) is 6.92 Å². The predicted molar refractivity (Wildman–Crippen MR) is 70.0 cm³/mol. The zero-order valence-corrected chi connectivity index (χ0v) is 11.2. The number of carboxylic acids is 1. The van der Waals surface area contributed by atoms with Gasteiger partial charge in [-0.25, -0.2) is 0 Å². The van der Waals surface area contributed by atoms with Gasteiger partial charge in [-0.05, 0) is 30.9 Å². The fraction of sp³-hybridized carbons (Fsp3) is 0.538. The normalized spacial score (nSPS) is 19.2. The largest absolute Gasteiger partial charge is 0.481 e. The van der Waals surface area contributed by atoms with Crippen LogP contribution in [-0.4, -0.2) is 35.0 Å². The minimum atomic E-state index is -0.779. The number of likely N-dealkylation sites (tertiary alicyclic amines) is 1. The molecule has 1 aliphatic heterocycles. The van der Waals surface area contributed by atoms with E-state index in [4.69, 9.17) is 5.11 Å². The number of thiophene rings is 1. The Morgan fingerprint density at radius 2 is 2.28 bits per heavy atom. The summed E-state index contributed by atoms with van der Waals surface area (Å²) >= 11 is 1.54. The van der Waals surface area contributed by atoms with Crippen LogP contribution in [0.5, 0.6) is 0 Å². The SMILES string of the molecule is CCc1ccc(C(=O)N2CCC(CC(=O)O)C2)s1. The molecule has 1 aliphatic rings. The van der Waals surface area contributed by atoms with Gasteiger partial charge >= 0.3 is 5.97 Å². The number of hydrogen-bond acceptors (Lipinski definition) is 3. The van der Waals surface area contributed by atoms with E-state index < -0.39 is 5.97 Å². The molecule has 0 aliphatic carbocycles. The maximum Gasteiger partial charge on any atom is 0.303 e. The Morgan fingerprint density at radius 1 is 1.50 bits per heavy atom. The van der Waals surface area contributed by atoms with Gasteiger partial charge in [-0.2, -0.15) is 0 Å². The van der Waals surface area contributed by atoms with E-state index in [9.17, 15) is 9.59 Å². The maximum absolute atomic E-state index is 12.2. The Hall–Kier alpha value is -1.36. The number of hydrogen-bond donors (Lipinski definition) is 1. The van der Waals surface area contributed by atoms with Crippen molar-refractivity contribution in [3.05, 3.63) is 21.9 Å². The van der Waals surface area contributed by atoms with Crippen molar-refractivity contribution in [2.24, 2.45) is 5.92 Å². The van der Waals surface area contributed by atoms with Crippen molar-refractivity contribution in [1.82, 2.24) is 4.90 Å². The van der Waals surface area contributed by atoms with E-state index in [0.29, 0.717) is 13.1 Å². The van der Waals surface area contributed by atoms with Crippen molar-refractivity contribution in [1.29, 1.82) is 0 Å². The fourth-order valence-electron chi connectivity index (χ4n) is 2.27. The molecule has 0 bridgehead atoms. The highest BCUT2D eigenvalue weighted by atomic mass is 32.1. The van der Waals surface area contributed by atoms with Gasteiger partial charge in [-0.3, -0.25) is 9.59 Å². The molecule has 0 saturated carbocycles. The molecule has 2 rings (SSSR count). The number of rotatable bonds is 4. The van der Waals surface area contributed by atoms with Crippen molar-refractivity contribution < 1.29 is 14.7 Å². The third-order valence-electron chi connectivity index (χ3n) is 3.26. The van der Waals surface area contributed by atoms with Gasteiger partial charge in [0.05, 0.1) is 4.88 Å². The molecule has 1 atom stereocenters. The number of carboxylic acid groups (broad SMARTS) is 1. The monoisotopic (exact) mass is 267 g/mol. The zero-order valence-electron chi connectivity index (χ0n) is 10.4. The van der Waals surface area contributed by atoms with Crippen LogP contribution < -0.4 is 0 Å². The first-order valence-electron chi connectivity index (χ1n) is 6.20. The first-order valence-corrected chi connectivity index (χ1v) is 7.01. The van der Waals surface area contributed by atoms with Gasteiger partial charge in [0.15, 0.2) is 0 Å². The molecule has 98 valence electrons. The van der Waals surface area contributed by atoms with E-state index in [1.165, 1.54) is 16.2 Å². The highest BCUT2D eigenvalue weighted by Gasteiger charge is 2.28. The van der Waals surface area contributed by atoms with Crippen LogP contribution in [0.4, 0.5) is 0 Å². The standard InChI is InChI=1S/C13H17NO3S/c1-2-10-3-4-11(18-10)13(17)14-6-5-9(8-14)7-12(15)16/h3-4,9H,2,5-8H2,1H3,(H,15,16). The Labute approximate surface area is 110 Å². The lowest BCUT2D eigenvalue weighted by atomic mass is 10.1. The summed E-state index contributed by atoms with van der Waals surface area (Å²) in [4.78, 5) is 26.6. The lowest BCUT2D eigenvalue weighted by Crippen LogP contribution is -2.28. The van der Waals surface area contributed by atoms with Gasteiger partial charge < -0.3 is 10.0 Å². The van der Waals surface area contributed by atoms with Crippen LogP contribution >= 0.6 is 11.3 Å². The Bertz CT molecular complexity index is 455. The van der Waals surface area contributed by atoms with Gasteiger partial charge in [0, 0.05) is 24.4 Å². The van der Waals surface area contributed by atoms with E-state index >= 15 is 0 Å². The molecule has 18 heavy (non-hydrogen) atoms. The number of carbonyl (C=O) groups excluding carboxylic acids is 1. The topological polar surface area (TPSA) is 57.6 Å². The fourth-order valence-corrected chi connectivity index (χ4v) is 3.18. The lowest BCUT2D eigenvalue weighted by Gasteiger charge is -2.14. The maximum atomic E-state index is 12.2. The molecule has 1 fully saturated rings. The van der Waals surface area contributed by atoms with Gasteiger partial charge in [-0.1, -0.05) is 6.92 Å². The number of aliphatic carboxylic acids is 1. The summed E-state index contributed by atoms with van der Waals surface area (Å²) in [5, 5.41) is 8.75. The van der Waals surface area contributed by atoms with Gasteiger partial charge in [0.1, 0.15) is 0 Å². The number of carbonyl (C=O) groups is 2. The molecule has 1 aromatic heterocycles. The molecule has 0 radical (unpaired) electrons. The first-order chi connectivity index (χ1) is 8.60. The molecule has 1 saturated heterocycles. The minimum absolute atomic E-state index is 0.0487. The number of aryl methyl sites for hydroxylation is 1. The van der Waals surface area contributed by atoms with Gasteiger partial charge in [0.25, 0.3) is 5.91 Å². The highest BCUT2D eigenvalue weighted by Crippen LogP contribution is 2.24. The molecule has 1 unspecified atom stereocenters. The number of nitrogens with zero attached hydrogens (tertiary/aromatic N) is 1. The second kappa shape index (κ2) is 5.52. The first kappa shape index (κ1) is 13.1. The van der Waals surface area contributed by atoms with Crippen molar-refractivity contribution in [3.63, 3.8) is 0 Å². The predicted octanol–water partition coefficient (Wildman–Crippen LogP) is 2.25. The van der Waals surface area contributed by atoms with Gasteiger partial charge in [-0.15, -0.1) is 11.3 Å². The molecule has 5 heteroatoms. The van der Waals surface area contributed by atoms with Crippen molar-refractivity contribution in [2.45, 2.75) is 26.2 Å². The van der Waals surface area contributed by atoms with Crippen molar-refractivity contribution in [3.8, 4) is 0 Å². The Morgan fingerprint density at radius 3 is 2.89 bits per heavy atom. The molecule has 1 aromatic rings. The molecule has 1 amide bonds. The quantitative estimate of drug-likeness (QED) is 0.910. The molecule has 0 aromatic carbocycles. The van der Waals surface area contributed by atoms with E-state index in [0.717, 1.165) is 17.7 Å². The smallest absolute Gasteiger partial charge is 0.303 e. The van der Waals surface area contributed by atoms with Crippen LogP contribution in [0, 0.1) is 5.92 Å². The van der Waals surface area contributed by atoms with Crippen LogP contribution in [0.3, 0.4) is 0 Å². The second-order valence-corrected chi connectivity index (χ2v) is 5.79. The average Bonchev–Trinajstić information content (AvgIpc) is 2.95. The summed E-state index contributed by atoms with van der Waals surface area (Å²) < 4.78 is 0. The highest BCUT2D eigenvalue weighted by molar-refractivity contribution is 7.14. The summed E-state index contributed by atoms with van der Waals surface area (Å²) in [6, 6.07) is 3.86. The second-order valence-electron chi connectivity index (χ2n) is 4.62. The van der Waals surface area contributed by atoms with Crippen LogP contribution in [0.15, 0.2) is 12.1 Å². The third kappa shape index (κ3) is 2.90. The summed E-state index contributed by atoms with van der Waals surface area (Å²) in [7, 11) is 0. The molecule has 1 N–H and O–H groups in total. The van der Waals surface area contributed by atoms with E-state index in [1.54, 1.807) is 4.90 Å². The van der Waals surface area contributed by atoms with Crippen LogP contribution in [0.1, 0.15) is 34.3 Å². The summed E-state index contributed by atoms with van der Waals surface area (Å²) in [5.41, 5.74) is 0. The zero-order chi connectivity index (χ0) is 13.1. The number of amides is 1.